The summed E-state index contributed by atoms with van der Waals surface area (Å²) in [5.41, 5.74) is -1.76. The summed E-state index contributed by atoms with van der Waals surface area (Å²) in [5.74, 6) is -2.55. The standard InChI is InChI=1S/C13H13Cl2F2NO2/c1-12(20,8-3-2-7(16)4-10(8)17)6-18-11(19)9-5-13(9,14)15/h2-4,9,20H,5-6H2,1H3,(H,18,19). The monoisotopic (exact) mass is 323 g/mol. The first-order chi connectivity index (χ1) is 9.13. The van der Waals surface area contributed by atoms with E-state index in [1.165, 1.54) is 6.92 Å². The molecule has 1 aromatic rings. The molecule has 0 radical (unpaired) electrons. The summed E-state index contributed by atoms with van der Waals surface area (Å²) < 4.78 is 25.4. The highest BCUT2D eigenvalue weighted by Gasteiger charge is 2.56. The fourth-order valence-electron chi connectivity index (χ4n) is 1.90. The van der Waals surface area contributed by atoms with Crippen LogP contribution >= 0.6 is 23.2 Å². The summed E-state index contributed by atoms with van der Waals surface area (Å²) >= 11 is 11.5. The van der Waals surface area contributed by atoms with Gasteiger partial charge < -0.3 is 10.4 Å². The molecule has 7 heteroatoms. The second-order valence-electron chi connectivity index (χ2n) is 5.13. The molecule has 0 saturated heterocycles. The van der Waals surface area contributed by atoms with Crippen LogP contribution in [-0.4, -0.2) is 21.9 Å². The van der Waals surface area contributed by atoms with Crippen LogP contribution in [0.1, 0.15) is 18.9 Å². The van der Waals surface area contributed by atoms with Crippen molar-refractivity contribution >= 4 is 29.1 Å². The molecule has 1 saturated carbocycles. The normalized spacial score (nSPS) is 23.0. The average molecular weight is 324 g/mol. The van der Waals surface area contributed by atoms with Crippen LogP contribution in [0, 0.1) is 17.6 Å². The van der Waals surface area contributed by atoms with Crippen LogP contribution < -0.4 is 5.32 Å². The van der Waals surface area contributed by atoms with Crippen molar-refractivity contribution in [3.63, 3.8) is 0 Å². The number of aliphatic hydroxyl groups is 1. The van der Waals surface area contributed by atoms with Crippen molar-refractivity contribution in [2.24, 2.45) is 5.92 Å². The van der Waals surface area contributed by atoms with Gasteiger partial charge in [0.05, 0.1) is 12.5 Å². The van der Waals surface area contributed by atoms with E-state index in [9.17, 15) is 18.7 Å². The molecule has 0 spiro atoms. The van der Waals surface area contributed by atoms with Gasteiger partial charge in [-0.2, -0.15) is 0 Å². The number of carbonyl (C=O) groups is 1. The van der Waals surface area contributed by atoms with E-state index in [1.807, 2.05) is 0 Å². The van der Waals surface area contributed by atoms with Crippen molar-refractivity contribution in [2.75, 3.05) is 6.54 Å². The van der Waals surface area contributed by atoms with Gasteiger partial charge in [-0.05, 0) is 19.4 Å². The van der Waals surface area contributed by atoms with Crippen LogP contribution in [0.15, 0.2) is 18.2 Å². The van der Waals surface area contributed by atoms with Crippen LogP contribution in [0.5, 0.6) is 0 Å². The molecule has 1 amide bonds. The van der Waals surface area contributed by atoms with Crippen molar-refractivity contribution in [1.82, 2.24) is 5.32 Å². The molecule has 110 valence electrons. The van der Waals surface area contributed by atoms with Crippen molar-refractivity contribution in [3.8, 4) is 0 Å². The van der Waals surface area contributed by atoms with Crippen LogP contribution in [0.25, 0.3) is 0 Å². The molecule has 3 nitrogen and oxygen atoms in total. The van der Waals surface area contributed by atoms with Crippen LogP contribution in [0.4, 0.5) is 8.78 Å². The number of halogens is 4. The van der Waals surface area contributed by atoms with Gasteiger partial charge in [0.1, 0.15) is 21.6 Å². The van der Waals surface area contributed by atoms with Crippen LogP contribution in [-0.2, 0) is 10.4 Å². The third-order valence-electron chi connectivity index (χ3n) is 3.26. The number of benzene rings is 1. The summed E-state index contributed by atoms with van der Waals surface area (Å²) in [7, 11) is 0. The molecule has 0 bridgehead atoms. The predicted octanol–water partition coefficient (Wildman–Crippen LogP) is 2.48. The quantitative estimate of drug-likeness (QED) is 0.836. The molecule has 0 heterocycles. The average Bonchev–Trinajstić information content (AvgIpc) is 2.95. The molecule has 1 aliphatic carbocycles. The largest absolute Gasteiger partial charge is 0.383 e. The summed E-state index contributed by atoms with van der Waals surface area (Å²) in [6, 6.07) is 2.86. The Hall–Kier alpha value is -0.910. The highest BCUT2D eigenvalue weighted by Crippen LogP contribution is 2.53. The second kappa shape index (κ2) is 5.13. The van der Waals surface area contributed by atoms with Gasteiger partial charge >= 0.3 is 0 Å². The first-order valence-corrected chi connectivity index (χ1v) is 6.72. The minimum atomic E-state index is -1.66. The van der Waals surface area contributed by atoms with Gasteiger partial charge in [0.2, 0.25) is 5.91 Å². The van der Waals surface area contributed by atoms with Crippen LogP contribution in [0.3, 0.4) is 0 Å². The highest BCUT2D eigenvalue weighted by molar-refractivity contribution is 6.52. The smallest absolute Gasteiger partial charge is 0.226 e. The first-order valence-electron chi connectivity index (χ1n) is 5.97. The number of alkyl halides is 2. The van der Waals surface area contributed by atoms with Gasteiger partial charge in [-0.1, -0.05) is 6.07 Å². The zero-order valence-electron chi connectivity index (χ0n) is 10.6. The first kappa shape index (κ1) is 15.5. The molecule has 1 fully saturated rings. The Morgan fingerprint density at radius 2 is 2.15 bits per heavy atom. The molecule has 20 heavy (non-hydrogen) atoms. The molecule has 2 N–H and O–H groups in total. The lowest BCUT2D eigenvalue weighted by Crippen LogP contribution is -2.40. The number of hydrogen-bond donors (Lipinski definition) is 2. The minimum absolute atomic E-state index is 0.0991. The number of carbonyl (C=O) groups excluding carboxylic acids is 1. The third-order valence-corrected chi connectivity index (χ3v) is 4.10. The van der Waals surface area contributed by atoms with E-state index in [2.05, 4.69) is 5.32 Å². The molecular weight excluding hydrogens is 311 g/mol. The maximum atomic E-state index is 13.6. The summed E-state index contributed by atoms with van der Waals surface area (Å²) in [4.78, 5) is 11.7. The van der Waals surface area contributed by atoms with E-state index < -0.39 is 33.4 Å². The second-order valence-corrected chi connectivity index (χ2v) is 6.68. The molecule has 2 unspecified atom stereocenters. The molecule has 1 aromatic carbocycles. The van der Waals surface area contributed by atoms with E-state index in [1.54, 1.807) is 0 Å². The van der Waals surface area contributed by atoms with Crippen molar-refractivity contribution < 1.29 is 18.7 Å². The Morgan fingerprint density at radius 3 is 2.65 bits per heavy atom. The number of nitrogens with one attached hydrogen (secondary N) is 1. The van der Waals surface area contributed by atoms with Crippen molar-refractivity contribution in [3.05, 3.63) is 35.4 Å². The summed E-state index contributed by atoms with van der Waals surface area (Å²) in [6.07, 6.45) is 0.342. The van der Waals surface area contributed by atoms with Gasteiger partial charge in [-0.25, -0.2) is 8.78 Å². The Morgan fingerprint density at radius 1 is 1.55 bits per heavy atom. The lowest BCUT2D eigenvalue weighted by Gasteiger charge is -2.24. The highest BCUT2D eigenvalue weighted by atomic mass is 35.5. The predicted molar refractivity (Wildman–Crippen MR) is 71.5 cm³/mol. The maximum Gasteiger partial charge on any atom is 0.226 e. The van der Waals surface area contributed by atoms with E-state index in [-0.39, 0.29) is 12.1 Å². The molecule has 0 aliphatic heterocycles. The Labute approximate surface area is 124 Å². The maximum absolute atomic E-state index is 13.6. The molecular formula is C13H13Cl2F2NO2. The SMILES string of the molecule is CC(O)(CNC(=O)C1CC1(Cl)Cl)c1ccc(F)cc1F. The summed E-state index contributed by atoms with van der Waals surface area (Å²) in [5, 5.41) is 12.7. The number of hydrogen-bond acceptors (Lipinski definition) is 2. The van der Waals surface area contributed by atoms with Crippen molar-refractivity contribution in [2.45, 2.75) is 23.3 Å². The Balaban J connectivity index is 2.02. The van der Waals surface area contributed by atoms with E-state index in [4.69, 9.17) is 23.2 Å². The molecule has 2 atom stereocenters. The van der Waals surface area contributed by atoms with E-state index >= 15 is 0 Å². The lowest BCUT2D eigenvalue weighted by molar-refractivity contribution is -0.123. The van der Waals surface area contributed by atoms with Crippen LogP contribution in [0.2, 0.25) is 0 Å². The molecule has 0 aromatic heterocycles. The van der Waals surface area contributed by atoms with Gasteiger partial charge in [-0.3, -0.25) is 4.79 Å². The zero-order valence-corrected chi connectivity index (χ0v) is 12.1. The van der Waals surface area contributed by atoms with Gasteiger partial charge in [0, 0.05) is 11.6 Å². The van der Waals surface area contributed by atoms with Gasteiger partial charge in [-0.15, -0.1) is 23.2 Å². The topological polar surface area (TPSA) is 49.3 Å². The van der Waals surface area contributed by atoms with Crippen molar-refractivity contribution in [1.29, 1.82) is 0 Å². The Bertz CT molecular complexity index is 549. The fraction of sp³-hybridized carbons (Fsp3) is 0.462. The van der Waals surface area contributed by atoms with E-state index in [0.29, 0.717) is 12.5 Å². The fourth-order valence-corrected chi connectivity index (χ4v) is 2.41. The van der Waals surface area contributed by atoms with E-state index in [0.717, 1.165) is 12.1 Å². The Kier molecular flexibility index (Phi) is 3.97. The lowest BCUT2D eigenvalue weighted by atomic mass is 9.95. The third kappa shape index (κ3) is 3.22. The van der Waals surface area contributed by atoms with Gasteiger partial charge in [0.25, 0.3) is 0 Å². The molecule has 1 aliphatic rings. The number of rotatable bonds is 4. The van der Waals surface area contributed by atoms with Gasteiger partial charge in [0.15, 0.2) is 0 Å². The minimum Gasteiger partial charge on any atom is -0.383 e. The molecule has 2 rings (SSSR count). The number of amides is 1. The summed E-state index contributed by atoms with van der Waals surface area (Å²) in [6.45, 7) is 1.10. The zero-order chi connectivity index (χ0) is 15.1.